The van der Waals surface area contributed by atoms with Crippen LogP contribution >= 0.6 is 23.2 Å². The van der Waals surface area contributed by atoms with E-state index in [-0.39, 0.29) is 12.1 Å². The summed E-state index contributed by atoms with van der Waals surface area (Å²) in [5, 5.41) is 9.56. The number of amides is 1. The number of aromatic nitrogens is 2. The van der Waals surface area contributed by atoms with Crippen molar-refractivity contribution in [2.45, 2.75) is 6.54 Å². The molecule has 1 amide bonds. The highest BCUT2D eigenvalue weighted by molar-refractivity contribution is 6.30. The number of carbonyl (C=O) groups excluding carboxylic acids is 1. The van der Waals surface area contributed by atoms with Gasteiger partial charge in [0, 0.05) is 23.1 Å². The van der Waals surface area contributed by atoms with E-state index in [1.807, 2.05) is 4.90 Å². The molecule has 0 radical (unpaired) electrons. The van der Waals surface area contributed by atoms with Crippen molar-refractivity contribution in [2.75, 3.05) is 31.2 Å². The van der Waals surface area contributed by atoms with Crippen molar-refractivity contribution in [2.24, 2.45) is 5.10 Å². The van der Waals surface area contributed by atoms with Crippen LogP contribution in [0.3, 0.4) is 0 Å². The summed E-state index contributed by atoms with van der Waals surface area (Å²) in [5.74, 6) is 0.122. The van der Waals surface area contributed by atoms with Crippen molar-refractivity contribution in [1.29, 1.82) is 0 Å². The number of nitrogens with zero attached hydrogens (tertiary/aromatic N) is 4. The molecule has 1 saturated heterocycles. The average Bonchev–Trinajstić information content (AvgIpc) is 2.83. The summed E-state index contributed by atoms with van der Waals surface area (Å²) in [4.78, 5) is 27.7. The molecule has 170 valence electrons. The molecule has 0 atom stereocenters. The Morgan fingerprint density at radius 3 is 2.36 bits per heavy atom. The van der Waals surface area contributed by atoms with E-state index in [2.05, 4.69) is 15.6 Å². The predicted octanol–water partition coefficient (Wildman–Crippen LogP) is 3.20. The maximum Gasteiger partial charge on any atom is 0.275 e. The molecule has 1 fully saturated rings. The van der Waals surface area contributed by atoms with Crippen molar-refractivity contribution in [3.8, 4) is 11.1 Å². The first-order valence-electron chi connectivity index (χ1n) is 10.3. The smallest absolute Gasteiger partial charge is 0.275 e. The van der Waals surface area contributed by atoms with Gasteiger partial charge in [-0.15, -0.1) is 0 Å². The Morgan fingerprint density at radius 2 is 1.70 bits per heavy atom. The van der Waals surface area contributed by atoms with E-state index in [0.29, 0.717) is 53.3 Å². The fraction of sp³-hybridized carbons (Fsp3) is 0.217. The number of hydrogen-bond acceptors (Lipinski definition) is 6. The number of ether oxygens (including phenoxy) is 1. The van der Waals surface area contributed by atoms with E-state index in [9.17, 15) is 9.59 Å². The maximum atomic E-state index is 13.1. The molecule has 1 aliphatic heterocycles. The van der Waals surface area contributed by atoms with Gasteiger partial charge < -0.3 is 9.64 Å². The molecule has 0 saturated carbocycles. The van der Waals surface area contributed by atoms with Gasteiger partial charge in [0.15, 0.2) is 0 Å². The number of benzene rings is 2. The molecule has 1 aromatic heterocycles. The zero-order chi connectivity index (χ0) is 23.2. The van der Waals surface area contributed by atoms with Crippen molar-refractivity contribution in [1.82, 2.24) is 15.2 Å². The topological polar surface area (TPSA) is 88.8 Å². The second-order valence-electron chi connectivity index (χ2n) is 7.33. The standard InChI is InChI=1S/C23H21Cl2N5O3/c24-18-5-1-16(2-6-18)14-26-27-22(31)15-30-23(32)20(17-3-7-19(25)8-4-17)13-21(28-30)29-9-11-33-12-10-29/h1-8,13-14H,9-12,15H2,(H,27,31). The van der Waals surface area contributed by atoms with Gasteiger partial charge in [-0.1, -0.05) is 47.5 Å². The molecular weight excluding hydrogens is 465 g/mol. The van der Waals surface area contributed by atoms with Crippen LogP contribution in [0.15, 0.2) is 64.5 Å². The number of halogens is 2. The van der Waals surface area contributed by atoms with Crippen LogP contribution in [0.5, 0.6) is 0 Å². The lowest BCUT2D eigenvalue weighted by Gasteiger charge is -2.28. The second kappa shape index (κ2) is 10.6. The number of carbonyl (C=O) groups is 1. The number of hydrogen-bond donors (Lipinski definition) is 1. The first-order chi connectivity index (χ1) is 16.0. The van der Waals surface area contributed by atoms with Gasteiger partial charge in [-0.05, 0) is 41.5 Å². The zero-order valence-electron chi connectivity index (χ0n) is 17.6. The SMILES string of the molecule is O=C(Cn1nc(N2CCOCC2)cc(-c2ccc(Cl)cc2)c1=O)NN=Cc1ccc(Cl)cc1. The summed E-state index contributed by atoms with van der Waals surface area (Å²) < 4.78 is 6.57. The van der Waals surface area contributed by atoms with Crippen LogP contribution in [0, 0.1) is 0 Å². The molecule has 0 spiro atoms. The summed E-state index contributed by atoms with van der Waals surface area (Å²) >= 11 is 11.9. The van der Waals surface area contributed by atoms with Crippen LogP contribution in [0.1, 0.15) is 5.56 Å². The molecule has 0 unspecified atom stereocenters. The van der Waals surface area contributed by atoms with Gasteiger partial charge >= 0.3 is 0 Å². The highest BCUT2D eigenvalue weighted by Crippen LogP contribution is 2.22. The van der Waals surface area contributed by atoms with E-state index < -0.39 is 5.91 Å². The summed E-state index contributed by atoms with van der Waals surface area (Å²) in [6, 6.07) is 15.7. The van der Waals surface area contributed by atoms with Crippen LogP contribution in [-0.2, 0) is 16.1 Å². The molecule has 0 aliphatic carbocycles. The Labute approximate surface area is 200 Å². The van der Waals surface area contributed by atoms with Crippen LogP contribution in [0.4, 0.5) is 5.82 Å². The van der Waals surface area contributed by atoms with Gasteiger partial charge in [0.25, 0.3) is 11.5 Å². The molecule has 1 N–H and O–H groups in total. The third-order valence-corrected chi connectivity index (χ3v) is 5.52. The maximum absolute atomic E-state index is 13.1. The summed E-state index contributed by atoms with van der Waals surface area (Å²) in [6.45, 7) is 2.13. The van der Waals surface area contributed by atoms with E-state index in [1.54, 1.807) is 54.6 Å². The minimum atomic E-state index is -0.476. The van der Waals surface area contributed by atoms with E-state index >= 15 is 0 Å². The first kappa shape index (κ1) is 23.0. The lowest BCUT2D eigenvalue weighted by Crippen LogP contribution is -2.39. The monoisotopic (exact) mass is 485 g/mol. The molecule has 1 aliphatic rings. The number of morpholine rings is 1. The summed E-state index contributed by atoms with van der Waals surface area (Å²) in [7, 11) is 0. The fourth-order valence-electron chi connectivity index (χ4n) is 3.32. The molecule has 8 nitrogen and oxygen atoms in total. The minimum absolute atomic E-state index is 0.282. The summed E-state index contributed by atoms with van der Waals surface area (Å²) in [5.41, 5.74) is 3.95. The molecule has 0 bridgehead atoms. The van der Waals surface area contributed by atoms with E-state index in [4.69, 9.17) is 27.9 Å². The molecular formula is C23H21Cl2N5O3. The lowest BCUT2D eigenvalue weighted by molar-refractivity contribution is -0.121. The zero-order valence-corrected chi connectivity index (χ0v) is 19.1. The Bertz CT molecular complexity index is 1200. The average molecular weight is 486 g/mol. The third kappa shape index (κ3) is 5.98. The Hall–Kier alpha value is -3.20. The number of rotatable bonds is 6. The molecule has 4 rings (SSSR count). The Morgan fingerprint density at radius 1 is 1.06 bits per heavy atom. The van der Waals surface area contributed by atoms with Gasteiger partial charge in [0.2, 0.25) is 0 Å². The van der Waals surface area contributed by atoms with Gasteiger partial charge in [0.05, 0.1) is 25.0 Å². The molecule has 2 heterocycles. The number of anilines is 1. The molecule has 3 aromatic rings. The van der Waals surface area contributed by atoms with Crippen molar-refractivity contribution in [3.05, 3.63) is 80.6 Å². The van der Waals surface area contributed by atoms with E-state index in [0.717, 1.165) is 10.2 Å². The molecule has 10 heteroatoms. The Balaban J connectivity index is 1.58. The largest absolute Gasteiger partial charge is 0.378 e. The highest BCUT2D eigenvalue weighted by atomic mass is 35.5. The van der Waals surface area contributed by atoms with Gasteiger partial charge in [0.1, 0.15) is 12.4 Å². The highest BCUT2D eigenvalue weighted by Gasteiger charge is 2.18. The third-order valence-electron chi connectivity index (χ3n) is 5.02. The molecule has 2 aromatic carbocycles. The van der Waals surface area contributed by atoms with Crippen molar-refractivity contribution >= 4 is 41.1 Å². The quantitative estimate of drug-likeness (QED) is 0.427. The van der Waals surface area contributed by atoms with Crippen LogP contribution in [-0.4, -0.2) is 48.2 Å². The summed E-state index contributed by atoms with van der Waals surface area (Å²) in [6.07, 6.45) is 1.49. The Kier molecular flexibility index (Phi) is 7.39. The normalized spacial score (nSPS) is 13.9. The first-order valence-corrected chi connectivity index (χ1v) is 11.0. The number of nitrogens with one attached hydrogen (secondary N) is 1. The minimum Gasteiger partial charge on any atom is -0.378 e. The van der Waals surface area contributed by atoms with Crippen molar-refractivity contribution < 1.29 is 9.53 Å². The van der Waals surface area contributed by atoms with Gasteiger partial charge in [-0.3, -0.25) is 9.59 Å². The second-order valence-corrected chi connectivity index (χ2v) is 8.20. The molecule has 33 heavy (non-hydrogen) atoms. The lowest BCUT2D eigenvalue weighted by atomic mass is 10.1. The van der Waals surface area contributed by atoms with Gasteiger partial charge in [-0.2, -0.15) is 10.2 Å². The van der Waals surface area contributed by atoms with Crippen LogP contribution in [0.2, 0.25) is 10.0 Å². The fourth-order valence-corrected chi connectivity index (χ4v) is 3.57. The number of hydrazone groups is 1. The predicted molar refractivity (Wildman–Crippen MR) is 129 cm³/mol. The van der Waals surface area contributed by atoms with E-state index in [1.165, 1.54) is 6.21 Å². The van der Waals surface area contributed by atoms with Crippen LogP contribution < -0.4 is 15.9 Å². The van der Waals surface area contributed by atoms with Crippen LogP contribution in [0.25, 0.3) is 11.1 Å². The van der Waals surface area contributed by atoms with Crippen molar-refractivity contribution in [3.63, 3.8) is 0 Å². The van der Waals surface area contributed by atoms with Gasteiger partial charge in [-0.25, -0.2) is 10.1 Å².